The number of nitrogens with zero attached hydrogens (tertiary/aromatic N) is 1. The number of hydrogen-bond donors (Lipinski definition) is 2. The van der Waals surface area contributed by atoms with Crippen molar-refractivity contribution >= 4 is 11.8 Å². The van der Waals surface area contributed by atoms with Crippen LogP contribution < -0.4 is 5.32 Å². The summed E-state index contributed by atoms with van der Waals surface area (Å²) in [4.78, 5) is 14.4. The number of nitrogens with one attached hydrogen (secondary N) is 1. The van der Waals surface area contributed by atoms with Gasteiger partial charge in [0.1, 0.15) is 6.61 Å². The highest BCUT2D eigenvalue weighted by Crippen LogP contribution is 2.38. The van der Waals surface area contributed by atoms with Crippen molar-refractivity contribution < 1.29 is 24.1 Å². The van der Waals surface area contributed by atoms with Gasteiger partial charge in [0.2, 0.25) is 0 Å². The van der Waals surface area contributed by atoms with Crippen LogP contribution in [0.5, 0.6) is 0 Å². The molecule has 2 aliphatic rings. The van der Waals surface area contributed by atoms with Crippen molar-refractivity contribution in [2.45, 2.75) is 63.6 Å². The molecule has 3 unspecified atom stereocenters. The van der Waals surface area contributed by atoms with E-state index in [-0.39, 0.29) is 25.4 Å². The summed E-state index contributed by atoms with van der Waals surface area (Å²) in [6.07, 6.45) is 7.62. The molecular formula is C29H38N2O5. The average molecular weight is 495 g/mol. The summed E-state index contributed by atoms with van der Waals surface area (Å²) in [6.45, 7) is 6.85. The van der Waals surface area contributed by atoms with Crippen LogP contribution in [0.1, 0.15) is 67.6 Å². The van der Waals surface area contributed by atoms with Crippen molar-refractivity contribution in [3.63, 3.8) is 0 Å². The van der Waals surface area contributed by atoms with Gasteiger partial charge in [0.15, 0.2) is 6.29 Å². The Labute approximate surface area is 214 Å². The molecule has 4 rings (SSSR count). The van der Waals surface area contributed by atoms with Crippen molar-refractivity contribution in [3.05, 3.63) is 77.9 Å². The standard InChI is InChI=1S/C29H38N2O5/c1-2-18-34-29(33)30-25-14-12-24(13-15-25)28-35-26(20-31-16-6-4-3-5-7-17-31)19-27(36-28)23-10-8-22(21-32)9-11-23/h2,8-15,26-28,32H,1,3-7,16-21H2,(H,30,33). The predicted octanol–water partition coefficient (Wildman–Crippen LogP) is 5.72. The van der Waals surface area contributed by atoms with Gasteiger partial charge in [-0.15, -0.1) is 0 Å². The Hall–Kier alpha value is -2.71. The van der Waals surface area contributed by atoms with Crippen LogP contribution in [0.2, 0.25) is 0 Å². The lowest BCUT2D eigenvalue weighted by molar-refractivity contribution is -0.253. The number of hydrogen-bond acceptors (Lipinski definition) is 6. The third-order valence-electron chi connectivity index (χ3n) is 6.79. The molecule has 0 aliphatic carbocycles. The molecule has 2 aliphatic heterocycles. The van der Waals surface area contributed by atoms with Crippen LogP contribution >= 0.6 is 0 Å². The second kappa shape index (κ2) is 13.6. The zero-order valence-electron chi connectivity index (χ0n) is 20.9. The molecule has 2 heterocycles. The number of aliphatic hydroxyl groups is 1. The van der Waals surface area contributed by atoms with Crippen molar-refractivity contribution in [1.29, 1.82) is 0 Å². The van der Waals surface area contributed by atoms with E-state index in [4.69, 9.17) is 14.2 Å². The predicted molar refractivity (Wildman–Crippen MR) is 140 cm³/mol. The molecule has 194 valence electrons. The maximum Gasteiger partial charge on any atom is 0.411 e. The third kappa shape index (κ3) is 7.64. The Morgan fingerprint density at radius 3 is 2.33 bits per heavy atom. The third-order valence-corrected chi connectivity index (χ3v) is 6.79. The van der Waals surface area contributed by atoms with Crippen LogP contribution in [0.4, 0.5) is 10.5 Å². The SMILES string of the molecule is C=CCOC(=O)Nc1ccc(C2OC(CN3CCCCCCC3)CC(c3ccc(CO)cc3)O2)cc1. The van der Waals surface area contributed by atoms with Gasteiger partial charge in [0.05, 0.1) is 18.8 Å². The van der Waals surface area contributed by atoms with Gasteiger partial charge in [-0.3, -0.25) is 5.32 Å². The zero-order chi connectivity index (χ0) is 25.2. The van der Waals surface area contributed by atoms with Crippen LogP contribution in [-0.4, -0.2) is 48.4 Å². The highest BCUT2D eigenvalue weighted by Gasteiger charge is 2.33. The number of ether oxygens (including phenoxy) is 3. The lowest BCUT2D eigenvalue weighted by Crippen LogP contribution is -2.40. The largest absolute Gasteiger partial charge is 0.445 e. The Morgan fingerprint density at radius 1 is 1.00 bits per heavy atom. The van der Waals surface area contributed by atoms with Gasteiger partial charge < -0.3 is 24.2 Å². The van der Waals surface area contributed by atoms with Crippen LogP contribution in [0.3, 0.4) is 0 Å². The monoisotopic (exact) mass is 494 g/mol. The molecule has 7 nitrogen and oxygen atoms in total. The van der Waals surface area contributed by atoms with Crippen LogP contribution in [0, 0.1) is 0 Å². The van der Waals surface area contributed by atoms with Gasteiger partial charge in [0.25, 0.3) is 0 Å². The first-order chi connectivity index (χ1) is 17.6. The number of benzene rings is 2. The second-order valence-electron chi connectivity index (χ2n) is 9.55. The fraction of sp³-hybridized carbons (Fsp3) is 0.483. The number of aliphatic hydroxyl groups excluding tert-OH is 1. The van der Waals surface area contributed by atoms with Crippen LogP contribution in [0.25, 0.3) is 0 Å². The normalized spacial score (nSPS) is 23.3. The molecular weight excluding hydrogens is 456 g/mol. The molecule has 7 heteroatoms. The van der Waals surface area contributed by atoms with Gasteiger partial charge in [-0.05, 0) is 49.2 Å². The molecule has 0 aromatic heterocycles. The fourth-order valence-corrected chi connectivity index (χ4v) is 4.83. The van der Waals surface area contributed by atoms with Crippen molar-refractivity contribution in [1.82, 2.24) is 4.90 Å². The molecule has 0 radical (unpaired) electrons. The summed E-state index contributed by atoms with van der Waals surface area (Å²) in [7, 11) is 0. The van der Waals surface area contributed by atoms with Gasteiger partial charge >= 0.3 is 6.09 Å². The molecule has 36 heavy (non-hydrogen) atoms. The van der Waals surface area contributed by atoms with E-state index in [2.05, 4.69) is 16.8 Å². The van der Waals surface area contributed by atoms with E-state index in [0.717, 1.165) is 42.7 Å². The van der Waals surface area contributed by atoms with E-state index in [1.54, 1.807) is 0 Å². The smallest absolute Gasteiger partial charge is 0.411 e. The number of likely N-dealkylation sites (tertiary alicyclic amines) is 1. The molecule has 0 bridgehead atoms. The van der Waals surface area contributed by atoms with Crippen LogP contribution in [-0.2, 0) is 20.8 Å². The zero-order valence-corrected chi connectivity index (χ0v) is 20.9. The second-order valence-corrected chi connectivity index (χ2v) is 9.55. The number of rotatable bonds is 8. The Bertz CT molecular complexity index is 955. The van der Waals surface area contributed by atoms with E-state index < -0.39 is 12.4 Å². The lowest BCUT2D eigenvalue weighted by atomic mass is 9.99. The summed E-state index contributed by atoms with van der Waals surface area (Å²) < 4.78 is 17.9. The topological polar surface area (TPSA) is 80.3 Å². The molecule has 3 atom stereocenters. The molecule has 2 fully saturated rings. The summed E-state index contributed by atoms with van der Waals surface area (Å²) in [6, 6.07) is 15.4. The van der Waals surface area contributed by atoms with E-state index in [9.17, 15) is 9.90 Å². The van der Waals surface area contributed by atoms with Gasteiger partial charge in [-0.25, -0.2) is 4.79 Å². The van der Waals surface area contributed by atoms with E-state index in [0.29, 0.717) is 5.69 Å². The lowest BCUT2D eigenvalue weighted by Gasteiger charge is -2.38. The molecule has 2 saturated heterocycles. The highest BCUT2D eigenvalue weighted by atomic mass is 16.7. The number of amides is 1. The van der Waals surface area contributed by atoms with Crippen molar-refractivity contribution in [2.75, 3.05) is 31.6 Å². The molecule has 1 amide bonds. The molecule has 0 spiro atoms. The van der Waals surface area contributed by atoms with Crippen molar-refractivity contribution in [3.8, 4) is 0 Å². The number of carbonyl (C=O) groups is 1. The first-order valence-corrected chi connectivity index (χ1v) is 13.0. The maximum absolute atomic E-state index is 11.8. The first kappa shape index (κ1) is 26.4. The number of anilines is 1. The summed E-state index contributed by atoms with van der Waals surface area (Å²) in [5.74, 6) is 0. The summed E-state index contributed by atoms with van der Waals surface area (Å²) >= 11 is 0. The summed E-state index contributed by atoms with van der Waals surface area (Å²) in [5.41, 5.74) is 3.50. The molecule has 2 aromatic rings. The first-order valence-electron chi connectivity index (χ1n) is 13.0. The molecule has 2 aromatic carbocycles. The van der Waals surface area contributed by atoms with E-state index in [1.807, 2.05) is 48.5 Å². The van der Waals surface area contributed by atoms with E-state index in [1.165, 1.54) is 38.2 Å². The van der Waals surface area contributed by atoms with Crippen molar-refractivity contribution in [2.24, 2.45) is 0 Å². The Balaban J connectivity index is 1.47. The number of carbonyl (C=O) groups excluding carboxylic acids is 1. The maximum atomic E-state index is 11.8. The average Bonchev–Trinajstić information content (AvgIpc) is 2.89. The molecule has 2 N–H and O–H groups in total. The minimum atomic E-state index is -0.521. The highest BCUT2D eigenvalue weighted by molar-refractivity contribution is 5.84. The minimum absolute atomic E-state index is 0.0244. The minimum Gasteiger partial charge on any atom is -0.445 e. The van der Waals surface area contributed by atoms with Gasteiger partial charge in [-0.2, -0.15) is 0 Å². The Morgan fingerprint density at radius 2 is 1.67 bits per heavy atom. The van der Waals surface area contributed by atoms with Crippen LogP contribution in [0.15, 0.2) is 61.2 Å². The molecule has 0 saturated carbocycles. The summed E-state index contributed by atoms with van der Waals surface area (Å²) in [5, 5.41) is 12.1. The fourth-order valence-electron chi connectivity index (χ4n) is 4.83. The van der Waals surface area contributed by atoms with Gasteiger partial charge in [0, 0.05) is 24.2 Å². The van der Waals surface area contributed by atoms with E-state index >= 15 is 0 Å². The van der Waals surface area contributed by atoms with Gasteiger partial charge in [-0.1, -0.05) is 68.3 Å². The quantitative estimate of drug-likeness (QED) is 0.457. The Kier molecular flexibility index (Phi) is 9.93.